The van der Waals surface area contributed by atoms with E-state index in [4.69, 9.17) is 0 Å². The van der Waals surface area contributed by atoms with Gasteiger partial charge >= 0.3 is 0 Å². The van der Waals surface area contributed by atoms with E-state index in [1.807, 2.05) is 31.3 Å². The van der Waals surface area contributed by atoms with Gasteiger partial charge < -0.3 is 10.6 Å². The van der Waals surface area contributed by atoms with E-state index in [9.17, 15) is 8.42 Å². The summed E-state index contributed by atoms with van der Waals surface area (Å²) in [4.78, 5) is 4.83. The van der Waals surface area contributed by atoms with Crippen molar-refractivity contribution in [2.24, 2.45) is 0 Å². The highest BCUT2D eigenvalue weighted by Gasteiger charge is 2.19. The van der Waals surface area contributed by atoms with Crippen LogP contribution in [-0.2, 0) is 10.0 Å². The molecule has 0 atom stereocenters. The zero-order valence-corrected chi connectivity index (χ0v) is 16.1. The molecule has 2 aromatic rings. The number of nitrogens with zero attached hydrogens (tertiary/aromatic N) is 1. The largest absolute Gasteiger partial charge is 0.382 e. The van der Waals surface area contributed by atoms with Gasteiger partial charge in [0.05, 0.1) is 10.6 Å². The molecule has 3 N–H and O–H groups in total. The molecule has 0 saturated heterocycles. The molecule has 6 nitrogen and oxygen atoms in total. The number of hydrogen-bond donors (Lipinski definition) is 3. The number of benzene rings is 1. The zero-order chi connectivity index (χ0) is 18.6. The molecular formula is C19H26N4O2S. The van der Waals surface area contributed by atoms with Gasteiger partial charge in [0, 0.05) is 24.3 Å². The molecule has 0 bridgehead atoms. The van der Waals surface area contributed by atoms with Crippen LogP contribution in [0.5, 0.6) is 0 Å². The second-order valence-electron chi connectivity index (χ2n) is 6.55. The van der Waals surface area contributed by atoms with Gasteiger partial charge in [-0.15, -0.1) is 0 Å². The van der Waals surface area contributed by atoms with Gasteiger partial charge in [-0.25, -0.2) is 18.1 Å². The van der Waals surface area contributed by atoms with Crippen LogP contribution in [0, 0.1) is 0 Å². The lowest BCUT2D eigenvalue weighted by atomic mass is 9.95. The first kappa shape index (κ1) is 18.7. The summed E-state index contributed by atoms with van der Waals surface area (Å²) in [5, 5.41) is 6.64. The molecule has 0 radical (unpaired) electrons. The topological polar surface area (TPSA) is 83.1 Å². The standard InChI is InChI=1S/C19H26N4O2S/c1-20-19-10-6-9-17(23-19)16-13-15(26(24,25)21-2)11-12-18(16)22-14-7-4-3-5-8-14/h6,9-14,21-22H,3-5,7-8H2,1-2H3,(H,20,23). The van der Waals surface area contributed by atoms with Gasteiger partial charge in [0.25, 0.3) is 0 Å². The Morgan fingerprint density at radius 3 is 2.50 bits per heavy atom. The van der Waals surface area contributed by atoms with Crippen LogP contribution in [-0.4, -0.2) is 33.5 Å². The van der Waals surface area contributed by atoms with Gasteiger partial charge in [0.1, 0.15) is 5.82 Å². The first-order valence-electron chi connectivity index (χ1n) is 9.03. The van der Waals surface area contributed by atoms with Crippen molar-refractivity contribution in [1.82, 2.24) is 9.71 Å². The van der Waals surface area contributed by atoms with E-state index in [1.54, 1.807) is 12.1 Å². The summed E-state index contributed by atoms with van der Waals surface area (Å²) in [5.41, 5.74) is 2.46. The summed E-state index contributed by atoms with van der Waals surface area (Å²) >= 11 is 0. The maximum Gasteiger partial charge on any atom is 0.240 e. The number of sulfonamides is 1. The Balaban J connectivity index is 2.04. The third-order valence-corrected chi connectivity index (χ3v) is 6.23. The lowest BCUT2D eigenvalue weighted by Crippen LogP contribution is -2.23. The minimum atomic E-state index is -3.52. The van der Waals surface area contributed by atoms with E-state index in [2.05, 4.69) is 20.3 Å². The fourth-order valence-electron chi connectivity index (χ4n) is 3.34. The minimum absolute atomic E-state index is 0.237. The Morgan fingerprint density at radius 2 is 1.81 bits per heavy atom. The Hall–Kier alpha value is -2.12. The van der Waals surface area contributed by atoms with Crippen molar-refractivity contribution in [1.29, 1.82) is 0 Å². The molecular weight excluding hydrogens is 348 g/mol. The second kappa shape index (κ2) is 8.05. The number of nitrogens with one attached hydrogen (secondary N) is 3. The summed E-state index contributed by atoms with van der Waals surface area (Å²) in [7, 11) is -0.281. The fraction of sp³-hybridized carbons (Fsp3) is 0.421. The Morgan fingerprint density at radius 1 is 1.04 bits per heavy atom. The molecule has 140 valence electrons. The third-order valence-electron chi connectivity index (χ3n) is 4.82. The molecule has 1 aromatic heterocycles. The number of anilines is 2. The highest BCUT2D eigenvalue weighted by Crippen LogP contribution is 2.32. The highest BCUT2D eigenvalue weighted by atomic mass is 32.2. The summed E-state index contributed by atoms with van der Waals surface area (Å²) in [5.74, 6) is 0.744. The van der Waals surface area contributed by atoms with Crippen LogP contribution < -0.4 is 15.4 Å². The Kier molecular flexibility index (Phi) is 5.78. The van der Waals surface area contributed by atoms with Gasteiger partial charge in [-0.1, -0.05) is 25.3 Å². The number of hydrogen-bond acceptors (Lipinski definition) is 5. The van der Waals surface area contributed by atoms with Crippen LogP contribution in [0.25, 0.3) is 11.3 Å². The van der Waals surface area contributed by atoms with Gasteiger partial charge in [0.2, 0.25) is 10.0 Å². The lowest BCUT2D eigenvalue weighted by molar-refractivity contribution is 0.463. The third kappa shape index (κ3) is 4.16. The highest BCUT2D eigenvalue weighted by molar-refractivity contribution is 7.89. The van der Waals surface area contributed by atoms with Gasteiger partial charge in [-0.2, -0.15) is 0 Å². The van der Waals surface area contributed by atoms with Crippen molar-refractivity contribution in [2.45, 2.75) is 43.0 Å². The minimum Gasteiger partial charge on any atom is -0.382 e. The maximum atomic E-state index is 12.2. The van der Waals surface area contributed by atoms with Crippen LogP contribution in [0.4, 0.5) is 11.5 Å². The lowest BCUT2D eigenvalue weighted by Gasteiger charge is -2.25. The number of rotatable bonds is 6. The van der Waals surface area contributed by atoms with E-state index in [-0.39, 0.29) is 4.90 Å². The molecule has 0 unspecified atom stereocenters. The van der Waals surface area contributed by atoms with Crippen LogP contribution in [0.1, 0.15) is 32.1 Å². The monoisotopic (exact) mass is 374 g/mol. The van der Waals surface area contributed by atoms with Crippen LogP contribution in [0.2, 0.25) is 0 Å². The molecule has 1 saturated carbocycles. The molecule has 1 aromatic carbocycles. The molecule has 0 aliphatic heterocycles. The van der Waals surface area contributed by atoms with Crippen molar-refractivity contribution >= 4 is 21.5 Å². The molecule has 1 fully saturated rings. The Labute approximate surface area is 155 Å². The van der Waals surface area contributed by atoms with Crippen molar-refractivity contribution in [3.63, 3.8) is 0 Å². The molecule has 26 heavy (non-hydrogen) atoms. The summed E-state index contributed by atoms with van der Waals surface area (Å²) < 4.78 is 26.9. The molecule has 7 heteroatoms. The predicted molar refractivity (Wildman–Crippen MR) is 106 cm³/mol. The fourth-order valence-corrected chi connectivity index (χ4v) is 4.09. The van der Waals surface area contributed by atoms with E-state index < -0.39 is 10.0 Å². The van der Waals surface area contributed by atoms with E-state index in [0.717, 1.165) is 35.6 Å². The van der Waals surface area contributed by atoms with Crippen molar-refractivity contribution < 1.29 is 8.42 Å². The second-order valence-corrected chi connectivity index (χ2v) is 8.44. The van der Waals surface area contributed by atoms with Crippen molar-refractivity contribution in [3.05, 3.63) is 36.4 Å². The average Bonchev–Trinajstić information content (AvgIpc) is 2.69. The first-order chi connectivity index (χ1) is 12.5. The summed E-state index contributed by atoms with van der Waals surface area (Å²) in [6.07, 6.45) is 6.02. The molecule has 3 rings (SSSR count). The smallest absolute Gasteiger partial charge is 0.240 e. The maximum absolute atomic E-state index is 12.2. The van der Waals surface area contributed by atoms with Gasteiger partial charge in [0.15, 0.2) is 0 Å². The molecule has 1 aliphatic rings. The SMILES string of the molecule is CNc1cccc(-c2cc(S(=O)(=O)NC)ccc2NC2CCCCC2)n1. The number of pyridine rings is 1. The van der Waals surface area contributed by atoms with Crippen LogP contribution >= 0.6 is 0 Å². The van der Waals surface area contributed by atoms with E-state index in [0.29, 0.717) is 6.04 Å². The van der Waals surface area contributed by atoms with E-state index >= 15 is 0 Å². The van der Waals surface area contributed by atoms with Gasteiger partial charge in [-0.3, -0.25) is 0 Å². The molecule has 1 heterocycles. The first-order valence-corrected chi connectivity index (χ1v) is 10.5. The summed E-state index contributed by atoms with van der Waals surface area (Å²) in [6.45, 7) is 0. The van der Waals surface area contributed by atoms with Crippen LogP contribution in [0.15, 0.2) is 41.3 Å². The molecule has 1 aliphatic carbocycles. The van der Waals surface area contributed by atoms with Crippen molar-refractivity contribution in [3.8, 4) is 11.3 Å². The zero-order valence-electron chi connectivity index (χ0n) is 15.2. The normalized spacial score (nSPS) is 15.6. The van der Waals surface area contributed by atoms with Crippen molar-refractivity contribution in [2.75, 3.05) is 24.7 Å². The summed E-state index contributed by atoms with van der Waals surface area (Å²) in [6, 6.07) is 11.3. The van der Waals surface area contributed by atoms with Crippen LogP contribution in [0.3, 0.4) is 0 Å². The Bertz CT molecular complexity index is 862. The number of aromatic nitrogens is 1. The van der Waals surface area contributed by atoms with Gasteiger partial charge in [-0.05, 0) is 50.2 Å². The van der Waals surface area contributed by atoms with E-state index in [1.165, 1.54) is 26.3 Å². The quantitative estimate of drug-likeness (QED) is 0.721. The molecule has 0 amide bonds. The predicted octanol–water partition coefficient (Wildman–Crippen LogP) is 3.44. The average molecular weight is 375 g/mol. The molecule has 0 spiro atoms.